The second-order valence-corrected chi connectivity index (χ2v) is 9.17. The minimum absolute atomic E-state index is 0.00588. The van der Waals surface area contributed by atoms with Gasteiger partial charge in [-0.2, -0.15) is 0 Å². The molecule has 3 aromatic carbocycles. The molecule has 2 heterocycles. The minimum atomic E-state index is -0.316. The molecule has 3 aromatic rings. The molecular formula is C28H29N3O4. The molecular weight excluding hydrogens is 442 g/mol. The first-order valence-electron chi connectivity index (χ1n) is 11.8. The molecule has 35 heavy (non-hydrogen) atoms. The number of fused-ring (bicyclic) bond motifs is 1. The van der Waals surface area contributed by atoms with Gasteiger partial charge in [-0.15, -0.1) is 0 Å². The zero-order valence-electron chi connectivity index (χ0n) is 19.8. The van der Waals surface area contributed by atoms with Gasteiger partial charge in [-0.05, 0) is 47.9 Å². The van der Waals surface area contributed by atoms with Crippen molar-refractivity contribution in [2.24, 2.45) is 0 Å². The molecule has 3 atom stereocenters. The molecule has 0 bridgehead atoms. The van der Waals surface area contributed by atoms with Gasteiger partial charge < -0.3 is 25.0 Å². The number of methoxy groups -OCH3 is 1. The van der Waals surface area contributed by atoms with Crippen LogP contribution in [0.2, 0.25) is 0 Å². The Morgan fingerprint density at radius 3 is 2.23 bits per heavy atom. The molecule has 2 aliphatic rings. The van der Waals surface area contributed by atoms with E-state index in [1.807, 2.05) is 0 Å². The summed E-state index contributed by atoms with van der Waals surface area (Å²) in [5.41, 5.74) is 5.17. The zero-order chi connectivity index (χ0) is 24.5. The Kier molecular flexibility index (Phi) is 6.17. The molecule has 2 fully saturated rings. The molecule has 3 amide bonds. The van der Waals surface area contributed by atoms with Crippen LogP contribution in [0.5, 0.6) is 5.75 Å². The van der Waals surface area contributed by atoms with Crippen LogP contribution in [-0.2, 0) is 4.79 Å². The maximum Gasteiger partial charge on any atom is 0.322 e. The number of nitrogens with zero attached hydrogens (tertiary/aromatic N) is 2. The first kappa shape index (κ1) is 22.9. The van der Waals surface area contributed by atoms with Gasteiger partial charge in [-0.1, -0.05) is 54.1 Å². The average molecular weight is 472 g/mol. The van der Waals surface area contributed by atoms with Crippen LogP contribution in [0.3, 0.4) is 0 Å². The van der Waals surface area contributed by atoms with E-state index in [1.54, 1.807) is 41.2 Å². The lowest BCUT2D eigenvalue weighted by molar-refractivity contribution is -0.159. The average Bonchev–Trinajstić information content (AvgIpc) is 2.86. The topological polar surface area (TPSA) is 82.1 Å². The Labute approximate surface area is 204 Å². The number of aryl methyl sites for hydroxylation is 1. The largest absolute Gasteiger partial charge is 0.497 e. The van der Waals surface area contributed by atoms with Gasteiger partial charge in [0.2, 0.25) is 5.91 Å². The number of aliphatic hydroxyl groups excluding tert-OH is 1. The molecule has 0 radical (unpaired) electrons. The van der Waals surface area contributed by atoms with E-state index in [-0.39, 0.29) is 43.1 Å². The fraction of sp³-hybridized carbons (Fsp3) is 0.286. The third kappa shape index (κ3) is 4.35. The van der Waals surface area contributed by atoms with Crippen LogP contribution in [-0.4, -0.2) is 65.7 Å². The summed E-state index contributed by atoms with van der Waals surface area (Å²) in [6.07, 6.45) is 0. The van der Waals surface area contributed by atoms with Gasteiger partial charge in [0.1, 0.15) is 12.3 Å². The monoisotopic (exact) mass is 471 g/mol. The van der Waals surface area contributed by atoms with Gasteiger partial charge in [0, 0.05) is 18.2 Å². The summed E-state index contributed by atoms with van der Waals surface area (Å²) < 4.78 is 5.16. The summed E-state index contributed by atoms with van der Waals surface area (Å²) in [6, 6.07) is 23.0. The molecule has 0 saturated carbocycles. The minimum Gasteiger partial charge on any atom is -0.497 e. The molecule has 0 spiro atoms. The fourth-order valence-corrected chi connectivity index (χ4v) is 5.17. The van der Waals surface area contributed by atoms with Gasteiger partial charge in [0.15, 0.2) is 0 Å². The van der Waals surface area contributed by atoms with Crippen LogP contribution in [0.1, 0.15) is 17.0 Å². The van der Waals surface area contributed by atoms with Crippen molar-refractivity contribution >= 4 is 17.6 Å². The molecule has 0 unspecified atom stereocenters. The predicted octanol–water partition coefficient (Wildman–Crippen LogP) is 3.87. The van der Waals surface area contributed by atoms with Crippen molar-refractivity contribution < 1.29 is 19.4 Å². The Bertz CT molecular complexity index is 1210. The van der Waals surface area contributed by atoms with Crippen LogP contribution < -0.4 is 10.1 Å². The molecule has 2 saturated heterocycles. The lowest BCUT2D eigenvalue weighted by atomic mass is 9.73. The number of carbonyl (C=O) groups is 2. The molecule has 180 valence electrons. The maximum atomic E-state index is 12.9. The van der Waals surface area contributed by atoms with Crippen LogP contribution in [0.15, 0.2) is 72.8 Å². The molecule has 7 nitrogen and oxygen atoms in total. The number of anilines is 1. The maximum absolute atomic E-state index is 12.9. The van der Waals surface area contributed by atoms with Crippen LogP contribution in [0.4, 0.5) is 10.5 Å². The Hall–Kier alpha value is -3.84. The quantitative estimate of drug-likeness (QED) is 0.592. The molecule has 0 aromatic heterocycles. The molecule has 7 heteroatoms. The van der Waals surface area contributed by atoms with Gasteiger partial charge in [-0.25, -0.2) is 4.79 Å². The smallest absolute Gasteiger partial charge is 0.322 e. The van der Waals surface area contributed by atoms with Crippen molar-refractivity contribution in [1.82, 2.24) is 9.80 Å². The van der Waals surface area contributed by atoms with Crippen molar-refractivity contribution in [3.63, 3.8) is 0 Å². The Balaban J connectivity index is 1.32. The van der Waals surface area contributed by atoms with Crippen molar-refractivity contribution in [2.75, 3.05) is 32.1 Å². The van der Waals surface area contributed by atoms with Gasteiger partial charge in [0.25, 0.3) is 0 Å². The van der Waals surface area contributed by atoms with Gasteiger partial charge >= 0.3 is 6.03 Å². The van der Waals surface area contributed by atoms with Crippen molar-refractivity contribution in [2.45, 2.75) is 24.9 Å². The number of benzene rings is 3. The third-order valence-electron chi connectivity index (χ3n) is 7.06. The number of nitrogens with one attached hydrogen (secondary N) is 1. The van der Waals surface area contributed by atoms with Crippen LogP contribution >= 0.6 is 0 Å². The van der Waals surface area contributed by atoms with Crippen LogP contribution in [0, 0.1) is 6.92 Å². The molecule has 2 aliphatic heterocycles. The number of aliphatic hydroxyl groups is 1. The van der Waals surface area contributed by atoms with Crippen molar-refractivity contribution in [3.05, 3.63) is 83.9 Å². The predicted molar refractivity (Wildman–Crippen MR) is 134 cm³/mol. The Morgan fingerprint density at radius 1 is 1.00 bits per heavy atom. The van der Waals surface area contributed by atoms with Crippen molar-refractivity contribution in [3.8, 4) is 16.9 Å². The van der Waals surface area contributed by atoms with E-state index in [4.69, 9.17) is 4.74 Å². The molecule has 5 rings (SSSR count). The summed E-state index contributed by atoms with van der Waals surface area (Å²) in [7, 11) is 1.59. The summed E-state index contributed by atoms with van der Waals surface area (Å²) in [5.74, 6) is 0.526. The standard InChI is InChI=1S/C28H29N3O4/c1-18-3-5-19(6-4-18)20-7-9-21(10-8-20)27-24-15-30(16-26(33)31(24)25(27)17-32)28(34)29-22-11-13-23(35-2)14-12-22/h3-14,24-25,27,32H,15-17H2,1-2H3,(H,29,34)/t24-,25-,27+/m1/s1. The number of ether oxygens (including phenoxy) is 1. The normalized spacial score (nSPS) is 21.2. The second kappa shape index (κ2) is 9.43. The van der Waals surface area contributed by atoms with E-state index < -0.39 is 0 Å². The third-order valence-corrected chi connectivity index (χ3v) is 7.06. The van der Waals surface area contributed by atoms with E-state index in [0.717, 1.165) is 16.7 Å². The molecule has 2 N–H and O–H groups in total. The number of piperazine rings is 1. The molecule has 0 aliphatic carbocycles. The first-order chi connectivity index (χ1) is 17.0. The van der Waals surface area contributed by atoms with E-state index >= 15 is 0 Å². The number of hydrogen-bond acceptors (Lipinski definition) is 4. The number of urea groups is 1. The number of hydrogen-bond donors (Lipinski definition) is 2. The van der Waals surface area contributed by atoms with E-state index in [2.05, 4.69) is 60.8 Å². The van der Waals surface area contributed by atoms with E-state index in [1.165, 1.54) is 5.56 Å². The lowest BCUT2D eigenvalue weighted by Gasteiger charge is -2.58. The highest BCUT2D eigenvalue weighted by atomic mass is 16.5. The highest BCUT2D eigenvalue weighted by molar-refractivity contribution is 5.93. The second-order valence-electron chi connectivity index (χ2n) is 9.17. The summed E-state index contributed by atoms with van der Waals surface area (Å²) >= 11 is 0. The van der Waals surface area contributed by atoms with Crippen molar-refractivity contribution in [1.29, 1.82) is 0 Å². The lowest BCUT2D eigenvalue weighted by Crippen LogP contribution is -2.73. The fourth-order valence-electron chi connectivity index (χ4n) is 5.17. The number of rotatable bonds is 5. The number of amides is 3. The van der Waals surface area contributed by atoms with Crippen LogP contribution in [0.25, 0.3) is 11.1 Å². The van der Waals surface area contributed by atoms with Gasteiger partial charge in [0.05, 0.1) is 25.8 Å². The SMILES string of the molecule is COc1ccc(NC(=O)N2CC(=O)N3[C@H](CO)[C@@H](c4ccc(-c5ccc(C)cc5)cc4)[C@H]3C2)cc1. The highest BCUT2D eigenvalue weighted by Crippen LogP contribution is 2.43. The number of carbonyl (C=O) groups excluding carboxylic acids is 2. The highest BCUT2D eigenvalue weighted by Gasteiger charge is 2.54. The van der Waals surface area contributed by atoms with E-state index in [0.29, 0.717) is 18.0 Å². The zero-order valence-corrected chi connectivity index (χ0v) is 19.8. The van der Waals surface area contributed by atoms with Gasteiger partial charge in [-0.3, -0.25) is 4.79 Å². The Morgan fingerprint density at radius 2 is 1.63 bits per heavy atom. The summed E-state index contributed by atoms with van der Waals surface area (Å²) in [5, 5.41) is 12.9. The summed E-state index contributed by atoms with van der Waals surface area (Å²) in [6.45, 7) is 2.36. The van der Waals surface area contributed by atoms with E-state index in [9.17, 15) is 14.7 Å². The summed E-state index contributed by atoms with van der Waals surface area (Å²) in [4.78, 5) is 29.1. The first-order valence-corrected chi connectivity index (χ1v) is 11.8.